The van der Waals surface area contributed by atoms with Crippen molar-refractivity contribution in [3.63, 3.8) is 0 Å². The first kappa shape index (κ1) is 12.6. The maximum absolute atomic E-state index is 6.14. The number of hydrogen-bond acceptors (Lipinski definition) is 4. The largest absolute Gasteiger partial charge is 0.486 e. The summed E-state index contributed by atoms with van der Waals surface area (Å²) >= 11 is 0. The Hall–Kier alpha value is -1.42. The van der Waals surface area contributed by atoms with Gasteiger partial charge in [-0.15, -0.1) is 0 Å². The van der Waals surface area contributed by atoms with E-state index in [1.54, 1.807) is 0 Å². The fourth-order valence-electron chi connectivity index (χ4n) is 3.11. The van der Waals surface area contributed by atoms with E-state index in [-0.39, 0.29) is 0 Å². The van der Waals surface area contributed by atoms with Crippen LogP contribution in [-0.4, -0.2) is 30.7 Å². The molecule has 0 amide bonds. The number of fused-ring (bicyclic) bond motifs is 1. The van der Waals surface area contributed by atoms with E-state index < -0.39 is 0 Å². The van der Waals surface area contributed by atoms with E-state index in [1.165, 1.54) is 6.42 Å². The molecule has 0 aliphatic carbocycles. The van der Waals surface area contributed by atoms with Crippen LogP contribution in [0.4, 0.5) is 5.69 Å². The minimum Gasteiger partial charge on any atom is -0.486 e. The first-order valence-corrected chi connectivity index (χ1v) is 7.05. The maximum Gasteiger partial charge on any atom is 0.163 e. The molecule has 2 aliphatic rings. The zero-order valence-electron chi connectivity index (χ0n) is 11.7. The Labute approximate surface area is 114 Å². The molecular formula is C15H22N2O2. The molecule has 2 aliphatic heterocycles. The second-order valence-corrected chi connectivity index (χ2v) is 5.81. The number of benzene rings is 1. The number of likely N-dealkylation sites (tertiary alicyclic amines) is 1. The van der Waals surface area contributed by atoms with Gasteiger partial charge >= 0.3 is 0 Å². The van der Waals surface area contributed by atoms with Crippen LogP contribution < -0.4 is 15.2 Å². The zero-order chi connectivity index (χ0) is 13.4. The van der Waals surface area contributed by atoms with Crippen molar-refractivity contribution < 1.29 is 9.47 Å². The summed E-state index contributed by atoms with van der Waals surface area (Å²) in [6.07, 6.45) is 1.27. The van der Waals surface area contributed by atoms with E-state index in [0.29, 0.717) is 19.3 Å². The first-order valence-electron chi connectivity index (χ1n) is 7.05. The molecule has 4 heteroatoms. The maximum atomic E-state index is 6.14. The van der Waals surface area contributed by atoms with E-state index in [4.69, 9.17) is 15.2 Å². The average molecular weight is 262 g/mol. The smallest absolute Gasteiger partial charge is 0.163 e. The van der Waals surface area contributed by atoms with Crippen LogP contribution in [0.5, 0.6) is 11.5 Å². The third-order valence-electron chi connectivity index (χ3n) is 4.09. The van der Waals surface area contributed by atoms with Gasteiger partial charge in [0, 0.05) is 30.9 Å². The van der Waals surface area contributed by atoms with Crippen LogP contribution >= 0.6 is 0 Å². The van der Waals surface area contributed by atoms with Gasteiger partial charge in [0.2, 0.25) is 0 Å². The molecule has 4 nitrogen and oxygen atoms in total. The number of rotatable bonds is 2. The molecule has 19 heavy (non-hydrogen) atoms. The van der Waals surface area contributed by atoms with Crippen molar-refractivity contribution in [1.82, 2.24) is 4.90 Å². The van der Waals surface area contributed by atoms with Gasteiger partial charge in [0.25, 0.3) is 0 Å². The Balaban J connectivity index is 1.81. The van der Waals surface area contributed by atoms with Gasteiger partial charge in [0.1, 0.15) is 13.2 Å². The number of nitrogen functional groups attached to an aromatic ring is 1. The molecule has 1 fully saturated rings. The molecule has 1 aromatic rings. The first-order chi connectivity index (χ1) is 9.13. The monoisotopic (exact) mass is 262 g/mol. The summed E-state index contributed by atoms with van der Waals surface area (Å²) in [4.78, 5) is 2.49. The summed E-state index contributed by atoms with van der Waals surface area (Å²) in [5.41, 5.74) is 8.09. The van der Waals surface area contributed by atoms with Crippen molar-refractivity contribution in [2.45, 2.75) is 32.9 Å². The van der Waals surface area contributed by atoms with Crippen LogP contribution in [0.15, 0.2) is 12.1 Å². The summed E-state index contributed by atoms with van der Waals surface area (Å²) in [6, 6.07) is 4.57. The van der Waals surface area contributed by atoms with Crippen LogP contribution in [0, 0.1) is 5.92 Å². The Kier molecular flexibility index (Phi) is 3.27. The summed E-state index contributed by atoms with van der Waals surface area (Å²) in [5.74, 6) is 2.37. The SMILES string of the molecule is CC1CC(C)N(Cc2cc3c(cc2N)OCCO3)C1. The van der Waals surface area contributed by atoms with E-state index in [1.807, 2.05) is 12.1 Å². The molecule has 0 spiro atoms. The van der Waals surface area contributed by atoms with Gasteiger partial charge in [-0.1, -0.05) is 6.92 Å². The highest BCUT2D eigenvalue weighted by Gasteiger charge is 2.27. The fraction of sp³-hybridized carbons (Fsp3) is 0.600. The summed E-state index contributed by atoms with van der Waals surface area (Å²) < 4.78 is 11.2. The van der Waals surface area contributed by atoms with E-state index in [9.17, 15) is 0 Å². The Morgan fingerprint density at radius 1 is 1.21 bits per heavy atom. The van der Waals surface area contributed by atoms with Crippen molar-refractivity contribution in [3.8, 4) is 11.5 Å². The zero-order valence-corrected chi connectivity index (χ0v) is 11.7. The molecule has 0 bridgehead atoms. The third-order valence-corrected chi connectivity index (χ3v) is 4.09. The van der Waals surface area contributed by atoms with Gasteiger partial charge in [-0.05, 0) is 30.9 Å². The van der Waals surface area contributed by atoms with Crippen LogP contribution in [0.2, 0.25) is 0 Å². The lowest BCUT2D eigenvalue weighted by Gasteiger charge is -2.24. The molecule has 1 saturated heterocycles. The predicted molar refractivity (Wildman–Crippen MR) is 75.5 cm³/mol. The third kappa shape index (κ3) is 2.50. The van der Waals surface area contributed by atoms with E-state index in [0.717, 1.165) is 41.8 Å². The second-order valence-electron chi connectivity index (χ2n) is 5.81. The van der Waals surface area contributed by atoms with Gasteiger partial charge in [-0.25, -0.2) is 0 Å². The van der Waals surface area contributed by atoms with Gasteiger partial charge in [0.05, 0.1) is 0 Å². The molecule has 1 aromatic carbocycles. The standard InChI is InChI=1S/C15H22N2O2/c1-10-5-11(2)17(8-10)9-12-6-14-15(7-13(12)16)19-4-3-18-14/h6-7,10-11H,3-5,8-9,16H2,1-2H3. The van der Waals surface area contributed by atoms with Gasteiger partial charge in [-0.2, -0.15) is 0 Å². The molecular weight excluding hydrogens is 240 g/mol. The number of hydrogen-bond donors (Lipinski definition) is 1. The molecule has 2 N–H and O–H groups in total. The normalized spacial score (nSPS) is 26.6. The predicted octanol–water partition coefficient (Wildman–Crippen LogP) is 2.27. The molecule has 2 unspecified atom stereocenters. The Morgan fingerprint density at radius 3 is 2.53 bits per heavy atom. The van der Waals surface area contributed by atoms with Crippen LogP contribution in [0.1, 0.15) is 25.8 Å². The summed E-state index contributed by atoms with van der Waals surface area (Å²) in [7, 11) is 0. The van der Waals surface area contributed by atoms with Gasteiger partial charge in [-0.3, -0.25) is 4.90 Å². The Bertz CT molecular complexity index is 475. The Morgan fingerprint density at radius 2 is 1.89 bits per heavy atom. The molecule has 2 atom stereocenters. The molecule has 104 valence electrons. The van der Waals surface area contributed by atoms with Crippen molar-refractivity contribution in [2.24, 2.45) is 5.92 Å². The number of nitrogens with two attached hydrogens (primary N) is 1. The van der Waals surface area contributed by atoms with Crippen LogP contribution in [0.25, 0.3) is 0 Å². The van der Waals surface area contributed by atoms with Crippen molar-refractivity contribution in [2.75, 3.05) is 25.5 Å². The topological polar surface area (TPSA) is 47.7 Å². The lowest BCUT2D eigenvalue weighted by molar-refractivity contribution is 0.171. The van der Waals surface area contributed by atoms with Gasteiger partial charge in [0.15, 0.2) is 11.5 Å². The molecule has 0 radical (unpaired) electrons. The minimum atomic E-state index is 0.604. The van der Waals surface area contributed by atoms with Crippen LogP contribution in [0.3, 0.4) is 0 Å². The summed E-state index contributed by atoms with van der Waals surface area (Å²) in [5, 5.41) is 0. The lowest BCUT2D eigenvalue weighted by atomic mass is 10.1. The van der Waals surface area contributed by atoms with Crippen LogP contribution in [-0.2, 0) is 6.54 Å². The molecule has 0 aromatic heterocycles. The van der Waals surface area contributed by atoms with E-state index in [2.05, 4.69) is 18.7 Å². The minimum absolute atomic E-state index is 0.604. The highest BCUT2D eigenvalue weighted by molar-refractivity contribution is 5.58. The number of ether oxygens (including phenoxy) is 2. The molecule has 2 heterocycles. The fourth-order valence-corrected chi connectivity index (χ4v) is 3.11. The second kappa shape index (κ2) is 4.93. The van der Waals surface area contributed by atoms with Crippen molar-refractivity contribution in [1.29, 1.82) is 0 Å². The number of nitrogens with zero attached hydrogens (tertiary/aromatic N) is 1. The highest BCUT2D eigenvalue weighted by atomic mass is 16.6. The molecule has 3 rings (SSSR count). The quantitative estimate of drug-likeness (QED) is 0.831. The van der Waals surface area contributed by atoms with E-state index >= 15 is 0 Å². The average Bonchev–Trinajstić information content (AvgIpc) is 2.69. The van der Waals surface area contributed by atoms with Crippen molar-refractivity contribution in [3.05, 3.63) is 17.7 Å². The summed E-state index contributed by atoms with van der Waals surface area (Å²) in [6.45, 7) is 7.87. The lowest BCUT2D eigenvalue weighted by Crippen LogP contribution is -2.27. The highest BCUT2D eigenvalue weighted by Crippen LogP contribution is 2.36. The number of anilines is 1. The van der Waals surface area contributed by atoms with Crippen molar-refractivity contribution >= 4 is 5.69 Å². The molecule has 0 saturated carbocycles. The van der Waals surface area contributed by atoms with Gasteiger partial charge < -0.3 is 15.2 Å².